The second-order valence-corrected chi connectivity index (χ2v) is 4.16. The molecule has 0 fully saturated rings. The first kappa shape index (κ1) is 11.8. The maximum Gasteiger partial charge on any atom is 0.134 e. The second kappa shape index (κ2) is 4.96. The van der Waals surface area contributed by atoms with Gasteiger partial charge in [-0.05, 0) is 33.8 Å². The quantitative estimate of drug-likeness (QED) is 0.757. The van der Waals surface area contributed by atoms with Gasteiger partial charge in [0, 0.05) is 12.0 Å². The highest BCUT2D eigenvalue weighted by Gasteiger charge is 2.07. The summed E-state index contributed by atoms with van der Waals surface area (Å²) in [6, 6.07) is 5.95. The third kappa shape index (κ3) is 3.74. The first-order chi connectivity index (χ1) is 6.99. The zero-order valence-electron chi connectivity index (χ0n) is 9.83. The van der Waals surface area contributed by atoms with Crippen molar-refractivity contribution in [2.75, 3.05) is 0 Å². The van der Waals surface area contributed by atoms with Gasteiger partial charge in [-0.15, -0.1) is 0 Å². The summed E-state index contributed by atoms with van der Waals surface area (Å²) in [6.07, 6.45) is 0.586. The number of benzene rings is 1. The van der Waals surface area contributed by atoms with Crippen molar-refractivity contribution in [3.8, 4) is 5.75 Å². The molecule has 0 aliphatic heterocycles. The monoisotopic (exact) mass is 206 g/mol. The molecule has 0 radical (unpaired) electrons. The predicted molar refractivity (Wildman–Crippen MR) is 61.3 cm³/mol. The van der Waals surface area contributed by atoms with E-state index in [-0.39, 0.29) is 11.9 Å². The van der Waals surface area contributed by atoms with E-state index >= 15 is 0 Å². The first-order valence-corrected chi connectivity index (χ1v) is 5.24. The number of hydrogen-bond donors (Lipinski definition) is 0. The van der Waals surface area contributed by atoms with Crippen LogP contribution >= 0.6 is 0 Å². The minimum Gasteiger partial charge on any atom is -0.491 e. The van der Waals surface area contributed by atoms with Gasteiger partial charge in [0.1, 0.15) is 11.5 Å². The number of carbonyl (C=O) groups is 1. The van der Waals surface area contributed by atoms with Crippen LogP contribution in [-0.2, 0) is 11.2 Å². The summed E-state index contributed by atoms with van der Waals surface area (Å²) >= 11 is 0. The topological polar surface area (TPSA) is 26.3 Å². The smallest absolute Gasteiger partial charge is 0.134 e. The molecule has 0 aliphatic rings. The van der Waals surface area contributed by atoms with Crippen LogP contribution in [-0.4, -0.2) is 11.9 Å². The van der Waals surface area contributed by atoms with E-state index in [4.69, 9.17) is 4.74 Å². The van der Waals surface area contributed by atoms with E-state index in [9.17, 15) is 4.79 Å². The van der Waals surface area contributed by atoms with Gasteiger partial charge in [-0.25, -0.2) is 0 Å². The van der Waals surface area contributed by atoms with Gasteiger partial charge >= 0.3 is 0 Å². The van der Waals surface area contributed by atoms with Crippen molar-refractivity contribution in [1.29, 1.82) is 0 Å². The highest BCUT2D eigenvalue weighted by Crippen LogP contribution is 2.22. The minimum absolute atomic E-state index is 0.137. The number of Topliss-reactive ketones (excluding diaryl/α,β-unsaturated/α-hetero) is 1. The molecule has 0 saturated heterocycles. The molecule has 0 amide bonds. The zero-order valence-corrected chi connectivity index (χ0v) is 9.83. The molecular formula is C13H18O2. The molecular weight excluding hydrogens is 188 g/mol. The third-order valence-corrected chi connectivity index (χ3v) is 2.02. The highest BCUT2D eigenvalue weighted by atomic mass is 16.5. The SMILES string of the molecule is CC(=O)Cc1cc(C)ccc1OC(C)C. The van der Waals surface area contributed by atoms with Crippen LogP contribution in [0, 0.1) is 6.92 Å². The lowest BCUT2D eigenvalue weighted by molar-refractivity contribution is -0.116. The van der Waals surface area contributed by atoms with Crippen molar-refractivity contribution < 1.29 is 9.53 Å². The fraction of sp³-hybridized carbons (Fsp3) is 0.462. The fourth-order valence-corrected chi connectivity index (χ4v) is 1.48. The lowest BCUT2D eigenvalue weighted by Crippen LogP contribution is -2.09. The first-order valence-electron chi connectivity index (χ1n) is 5.24. The van der Waals surface area contributed by atoms with Crippen molar-refractivity contribution >= 4 is 5.78 Å². The molecule has 82 valence electrons. The van der Waals surface area contributed by atoms with Gasteiger partial charge < -0.3 is 4.74 Å². The molecule has 15 heavy (non-hydrogen) atoms. The van der Waals surface area contributed by atoms with Crippen molar-refractivity contribution in [2.45, 2.75) is 40.2 Å². The summed E-state index contributed by atoms with van der Waals surface area (Å²) in [5.41, 5.74) is 2.14. The lowest BCUT2D eigenvalue weighted by atomic mass is 10.1. The number of aryl methyl sites for hydroxylation is 1. The third-order valence-electron chi connectivity index (χ3n) is 2.02. The van der Waals surface area contributed by atoms with E-state index in [0.717, 1.165) is 16.9 Å². The molecule has 0 saturated carbocycles. The number of hydrogen-bond acceptors (Lipinski definition) is 2. The molecule has 0 N–H and O–H groups in total. The highest BCUT2D eigenvalue weighted by molar-refractivity contribution is 5.79. The lowest BCUT2D eigenvalue weighted by Gasteiger charge is -2.14. The summed E-state index contributed by atoms with van der Waals surface area (Å²) < 4.78 is 5.65. The van der Waals surface area contributed by atoms with Crippen molar-refractivity contribution in [3.05, 3.63) is 29.3 Å². The molecule has 2 nitrogen and oxygen atoms in total. The average Bonchev–Trinajstić information content (AvgIpc) is 2.08. The van der Waals surface area contributed by atoms with Gasteiger partial charge in [0.15, 0.2) is 0 Å². The Hall–Kier alpha value is -1.31. The van der Waals surface area contributed by atoms with Gasteiger partial charge in [-0.3, -0.25) is 4.79 Å². The van der Waals surface area contributed by atoms with Crippen LogP contribution in [0.1, 0.15) is 31.9 Å². The molecule has 0 aromatic heterocycles. The van der Waals surface area contributed by atoms with E-state index in [0.29, 0.717) is 6.42 Å². The number of ketones is 1. The summed E-state index contributed by atoms with van der Waals surface area (Å²) in [5.74, 6) is 0.986. The normalized spacial score (nSPS) is 10.5. The number of ether oxygens (including phenoxy) is 1. The average molecular weight is 206 g/mol. The number of carbonyl (C=O) groups excluding carboxylic acids is 1. The van der Waals surface area contributed by atoms with Gasteiger partial charge in [-0.2, -0.15) is 0 Å². The van der Waals surface area contributed by atoms with E-state index in [1.165, 1.54) is 0 Å². The van der Waals surface area contributed by atoms with Crippen LogP contribution in [0.25, 0.3) is 0 Å². The van der Waals surface area contributed by atoms with Gasteiger partial charge in [0.2, 0.25) is 0 Å². The molecule has 2 heteroatoms. The zero-order chi connectivity index (χ0) is 11.4. The summed E-state index contributed by atoms with van der Waals surface area (Å²) in [6.45, 7) is 7.58. The molecule has 1 rings (SSSR count). The fourth-order valence-electron chi connectivity index (χ4n) is 1.48. The van der Waals surface area contributed by atoms with Crippen molar-refractivity contribution in [3.63, 3.8) is 0 Å². The van der Waals surface area contributed by atoms with E-state index in [2.05, 4.69) is 0 Å². The van der Waals surface area contributed by atoms with Crippen molar-refractivity contribution in [1.82, 2.24) is 0 Å². The maximum absolute atomic E-state index is 11.1. The summed E-state index contributed by atoms with van der Waals surface area (Å²) in [7, 11) is 0. The van der Waals surface area contributed by atoms with Gasteiger partial charge in [0.25, 0.3) is 0 Å². The Morgan fingerprint density at radius 1 is 1.40 bits per heavy atom. The standard InChI is InChI=1S/C13H18O2/c1-9(2)15-13-6-5-10(3)7-12(13)8-11(4)14/h5-7,9H,8H2,1-4H3. The van der Waals surface area contributed by atoms with E-state index in [1.54, 1.807) is 6.92 Å². The molecule has 0 bridgehead atoms. The van der Waals surface area contributed by atoms with E-state index in [1.807, 2.05) is 39.0 Å². The Morgan fingerprint density at radius 3 is 2.60 bits per heavy atom. The summed E-state index contributed by atoms with van der Waals surface area (Å²) in [4.78, 5) is 11.1. The van der Waals surface area contributed by atoms with Crippen LogP contribution in [0.15, 0.2) is 18.2 Å². The number of rotatable bonds is 4. The van der Waals surface area contributed by atoms with Crippen LogP contribution in [0.2, 0.25) is 0 Å². The molecule has 0 unspecified atom stereocenters. The molecule has 0 atom stereocenters. The maximum atomic E-state index is 11.1. The minimum atomic E-state index is 0.137. The molecule has 0 spiro atoms. The Balaban J connectivity index is 2.97. The Bertz CT molecular complexity index is 354. The largest absolute Gasteiger partial charge is 0.491 e. The van der Waals surface area contributed by atoms with Gasteiger partial charge in [0.05, 0.1) is 6.10 Å². The Morgan fingerprint density at radius 2 is 2.07 bits per heavy atom. The Labute approximate surface area is 91.3 Å². The van der Waals surface area contributed by atoms with Crippen LogP contribution in [0.3, 0.4) is 0 Å². The summed E-state index contributed by atoms with van der Waals surface area (Å²) in [5, 5.41) is 0. The predicted octanol–water partition coefficient (Wildman–Crippen LogP) is 2.91. The molecule has 1 aromatic carbocycles. The Kier molecular flexibility index (Phi) is 3.89. The molecule has 0 aliphatic carbocycles. The molecule has 0 heterocycles. The molecule has 1 aromatic rings. The van der Waals surface area contributed by atoms with Crippen molar-refractivity contribution in [2.24, 2.45) is 0 Å². The van der Waals surface area contributed by atoms with E-state index < -0.39 is 0 Å². The van der Waals surface area contributed by atoms with Crippen LogP contribution in [0.5, 0.6) is 5.75 Å². The van der Waals surface area contributed by atoms with Crippen LogP contribution < -0.4 is 4.74 Å². The van der Waals surface area contributed by atoms with Gasteiger partial charge in [-0.1, -0.05) is 17.7 Å². The van der Waals surface area contributed by atoms with Crippen LogP contribution in [0.4, 0.5) is 0 Å². The second-order valence-electron chi connectivity index (χ2n) is 4.16.